The van der Waals surface area contributed by atoms with Gasteiger partial charge in [0.05, 0.1) is 6.61 Å². The van der Waals surface area contributed by atoms with Crippen molar-refractivity contribution in [2.75, 3.05) is 13.2 Å². The van der Waals surface area contributed by atoms with Crippen molar-refractivity contribution in [1.82, 2.24) is 5.32 Å². The molecule has 0 spiro atoms. The summed E-state index contributed by atoms with van der Waals surface area (Å²) in [5.41, 5.74) is 1.28. The Kier molecular flexibility index (Phi) is 6.38. The van der Waals surface area contributed by atoms with Gasteiger partial charge >= 0.3 is 0 Å². The van der Waals surface area contributed by atoms with Crippen LogP contribution in [0.1, 0.15) is 64.0 Å². The molecular formula is C18H29NO. The smallest absolute Gasteiger partial charge is 0.124 e. The van der Waals surface area contributed by atoms with Crippen molar-refractivity contribution in [2.24, 2.45) is 5.92 Å². The summed E-state index contributed by atoms with van der Waals surface area (Å²) in [6, 6.07) is 8.74. The third-order valence-corrected chi connectivity index (χ3v) is 4.41. The van der Waals surface area contributed by atoms with Crippen LogP contribution in [0.15, 0.2) is 24.3 Å². The second-order valence-electron chi connectivity index (χ2n) is 5.94. The fourth-order valence-corrected chi connectivity index (χ4v) is 3.21. The number of ether oxygens (including phenoxy) is 1. The summed E-state index contributed by atoms with van der Waals surface area (Å²) >= 11 is 0. The number of hydrogen-bond acceptors (Lipinski definition) is 2. The molecule has 2 heteroatoms. The summed E-state index contributed by atoms with van der Waals surface area (Å²) < 4.78 is 5.71. The minimum atomic E-state index is 0.362. The summed E-state index contributed by atoms with van der Waals surface area (Å²) in [5, 5.41) is 3.67. The molecule has 2 nitrogen and oxygen atoms in total. The SMILES string of the molecule is CCOc1ccccc1C(C)NCCC1CCCCC1. The molecule has 1 aliphatic carbocycles. The van der Waals surface area contributed by atoms with Gasteiger partial charge in [0, 0.05) is 11.6 Å². The van der Waals surface area contributed by atoms with Crippen molar-refractivity contribution < 1.29 is 4.74 Å². The van der Waals surface area contributed by atoms with E-state index < -0.39 is 0 Å². The van der Waals surface area contributed by atoms with Crippen molar-refractivity contribution in [2.45, 2.75) is 58.4 Å². The first-order chi connectivity index (χ1) is 9.81. The molecule has 1 aromatic carbocycles. The van der Waals surface area contributed by atoms with Crippen LogP contribution in [-0.2, 0) is 0 Å². The number of benzene rings is 1. The van der Waals surface area contributed by atoms with E-state index in [0.717, 1.165) is 24.8 Å². The van der Waals surface area contributed by atoms with Crippen LogP contribution >= 0.6 is 0 Å². The van der Waals surface area contributed by atoms with Gasteiger partial charge in [-0.3, -0.25) is 0 Å². The topological polar surface area (TPSA) is 21.3 Å². The third kappa shape index (κ3) is 4.52. The quantitative estimate of drug-likeness (QED) is 0.778. The fourth-order valence-electron chi connectivity index (χ4n) is 3.21. The maximum absolute atomic E-state index is 5.71. The van der Waals surface area contributed by atoms with Crippen LogP contribution in [0.4, 0.5) is 0 Å². The number of nitrogens with one attached hydrogen (secondary N) is 1. The van der Waals surface area contributed by atoms with Gasteiger partial charge in [-0.05, 0) is 38.8 Å². The van der Waals surface area contributed by atoms with E-state index in [-0.39, 0.29) is 0 Å². The van der Waals surface area contributed by atoms with E-state index >= 15 is 0 Å². The molecule has 0 amide bonds. The maximum atomic E-state index is 5.71. The summed E-state index contributed by atoms with van der Waals surface area (Å²) in [7, 11) is 0. The highest BCUT2D eigenvalue weighted by molar-refractivity contribution is 5.35. The molecule has 0 bridgehead atoms. The van der Waals surface area contributed by atoms with E-state index in [0.29, 0.717) is 6.04 Å². The normalized spacial score (nSPS) is 17.9. The molecule has 1 aromatic rings. The van der Waals surface area contributed by atoms with Crippen LogP contribution in [-0.4, -0.2) is 13.2 Å². The van der Waals surface area contributed by atoms with Crippen LogP contribution < -0.4 is 10.1 Å². The number of hydrogen-bond donors (Lipinski definition) is 1. The van der Waals surface area contributed by atoms with Gasteiger partial charge in [-0.1, -0.05) is 50.3 Å². The monoisotopic (exact) mass is 275 g/mol. The minimum absolute atomic E-state index is 0.362. The molecule has 1 N–H and O–H groups in total. The van der Waals surface area contributed by atoms with Crippen LogP contribution in [0.2, 0.25) is 0 Å². The lowest BCUT2D eigenvalue weighted by Crippen LogP contribution is -2.23. The van der Waals surface area contributed by atoms with Crippen molar-refractivity contribution in [3.63, 3.8) is 0 Å². The lowest BCUT2D eigenvalue weighted by Gasteiger charge is -2.23. The Morgan fingerprint density at radius 2 is 1.95 bits per heavy atom. The van der Waals surface area contributed by atoms with E-state index in [2.05, 4.69) is 30.4 Å². The van der Waals surface area contributed by atoms with Gasteiger partial charge in [0.2, 0.25) is 0 Å². The zero-order chi connectivity index (χ0) is 14.2. The molecule has 0 aromatic heterocycles. The van der Waals surface area contributed by atoms with Gasteiger partial charge < -0.3 is 10.1 Å². The van der Waals surface area contributed by atoms with Crippen LogP contribution in [0.5, 0.6) is 5.75 Å². The fraction of sp³-hybridized carbons (Fsp3) is 0.667. The predicted octanol–water partition coefficient (Wildman–Crippen LogP) is 4.71. The Balaban J connectivity index is 1.80. The van der Waals surface area contributed by atoms with Crippen LogP contribution in [0.3, 0.4) is 0 Å². The van der Waals surface area contributed by atoms with Gasteiger partial charge in [0.1, 0.15) is 5.75 Å². The number of para-hydroxylation sites is 1. The Bertz CT molecular complexity index is 385. The van der Waals surface area contributed by atoms with E-state index in [1.54, 1.807) is 0 Å². The first-order valence-electron chi connectivity index (χ1n) is 8.26. The van der Waals surface area contributed by atoms with Crippen molar-refractivity contribution in [1.29, 1.82) is 0 Å². The largest absolute Gasteiger partial charge is 0.494 e. The van der Waals surface area contributed by atoms with Gasteiger partial charge in [0.25, 0.3) is 0 Å². The zero-order valence-corrected chi connectivity index (χ0v) is 13.0. The zero-order valence-electron chi connectivity index (χ0n) is 13.0. The number of rotatable bonds is 7. The van der Waals surface area contributed by atoms with E-state index in [1.165, 1.54) is 44.1 Å². The van der Waals surface area contributed by atoms with Gasteiger partial charge in [0.15, 0.2) is 0 Å². The van der Waals surface area contributed by atoms with Gasteiger partial charge in [-0.2, -0.15) is 0 Å². The van der Waals surface area contributed by atoms with Crippen molar-refractivity contribution >= 4 is 0 Å². The summed E-state index contributed by atoms with van der Waals surface area (Å²) in [6.07, 6.45) is 8.52. The molecule has 0 saturated heterocycles. The molecule has 2 rings (SSSR count). The highest BCUT2D eigenvalue weighted by atomic mass is 16.5. The predicted molar refractivity (Wildman–Crippen MR) is 85.2 cm³/mol. The summed E-state index contributed by atoms with van der Waals surface area (Å²) in [5.74, 6) is 1.97. The molecule has 0 radical (unpaired) electrons. The average Bonchev–Trinajstić information content (AvgIpc) is 2.49. The average molecular weight is 275 g/mol. The summed E-state index contributed by atoms with van der Waals surface area (Å²) in [4.78, 5) is 0. The third-order valence-electron chi connectivity index (χ3n) is 4.41. The Labute approximate surface area is 123 Å². The lowest BCUT2D eigenvalue weighted by molar-refractivity contribution is 0.321. The molecule has 0 aliphatic heterocycles. The molecule has 112 valence electrons. The van der Waals surface area contributed by atoms with E-state index in [4.69, 9.17) is 4.74 Å². The molecule has 1 atom stereocenters. The molecule has 1 saturated carbocycles. The second kappa shape index (κ2) is 8.31. The first kappa shape index (κ1) is 15.4. The Morgan fingerprint density at radius 3 is 2.70 bits per heavy atom. The van der Waals surface area contributed by atoms with E-state index in [1.807, 2.05) is 13.0 Å². The Morgan fingerprint density at radius 1 is 1.20 bits per heavy atom. The molecule has 1 fully saturated rings. The minimum Gasteiger partial charge on any atom is -0.494 e. The summed E-state index contributed by atoms with van der Waals surface area (Å²) in [6.45, 7) is 6.12. The standard InChI is InChI=1S/C18H29NO/c1-3-20-18-12-8-7-11-17(18)15(2)19-14-13-16-9-5-4-6-10-16/h7-8,11-12,15-16,19H,3-6,9-10,13-14H2,1-2H3. The highest BCUT2D eigenvalue weighted by Crippen LogP contribution is 2.27. The first-order valence-corrected chi connectivity index (χ1v) is 8.26. The van der Waals surface area contributed by atoms with E-state index in [9.17, 15) is 0 Å². The van der Waals surface area contributed by atoms with Crippen molar-refractivity contribution in [3.8, 4) is 5.75 Å². The molecule has 1 unspecified atom stereocenters. The van der Waals surface area contributed by atoms with Gasteiger partial charge in [-0.15, -0.1) is 0 Å². The second-order valence-corrected chi connectivity index (χ2v) is 5.94. The molecule has 1 aliphatic rings. The Hall–Kier alpha value is -1.02. The van der Waals surface area contributed by atoms with Crippen LogP contribution in [0, 0.1) is 5.92 Å². The maximum Gasteiger partial charge on any atom is 0.124 e. The highest BCUT2D eigenvalue weighted by Gasteiger charge is 2.14. The molecular weight excluding hydrogens is 246 g/mol. The van der Waals surface area contributed by atoms with Gasteiger partial charge in [-0.25, -0.2) is 0 Å². The molecule has 0 heterocycles. The van der Waals surface area contributed by atoms with Crippen molar-refractivity contribution in [3.05, 3.63) is 29.8 Å². The molecule has 20 heavy (non-hydrogen) atoms. The lowest BCUT2D eigenvalue weighted by atomic mass is 9.87. The van der Waals surface area contributed by atoms with Crippen LogP contribution in [0.25, 0.3) is 0 Å².